The Kier molecular flexibility index (Phi) is 6.13. The summed E-state index contributed by atoms with van der Waals surface area (Å²) < 4.78 is 7.07. The van der Waals surface area contributed by atoms with Crippen LogP contribution in [0.25, 0.3) is 5.69 Å². The van der Waals surface area contributed by atoms with Crippen molar-refractivity contribution in [2.24, 2.45) is 0 Å². The number of hydrogen-bond acceptors (Lipinski definition) is 6. The fourth-order valence-electron chi connectivity index (χ4n) is 3.52. The molecule has 2 heterocycles. The van der Waals surface area contributed by atoms with Gasteiger partial charge in [-0.3, -0.25) is 30.6 Å². The molecule has 2 N–H and O–H groups in total. The number of para-hydroxylation sites is 1. The third kappa shape index (κ3) is 4.44. The first kappa shape index (κ1) is 21.1. The number of hydrogen-bond donors (Lipinski definition) is 2. The molecular weight excluding hydrogens is 414 g/mol. The van der Waals surface area contributed by atoms with Crippen molar-refractivity contribution in [3.63, 3.8) is 0 Å². The Hall–Kier alpha value is -4.18. The zero-order valence-electron chi connectivity index (χ0n) is 17.1. The Morgan fingerprint density at radius 1 is 0.906 bits per heavy atom. The Morgan fingerprint density at radius 2 is 1.59 bits per heavy atom. The van der Waals surface area contributed by atoms with E-state index in [2.05, 4.69) is 10.9 Å². The molecule has 0 atom stereocenters. The predicted molar refractivity (Wildman–Crippen MR) is 117 cm³/mol. The second-order valence-electron chi connectivity index (χ2n) is 7.08. The normalized spacial score (nSPS) is 13.4. The Balaban J connectivity index is 1.48. The van der Waals surface area contributed by atoms with E-state index in [0.717, 1.165) is 0 Å². The molecule has 2 amide bonds. The molecule has 1 aromatic heterocycles. The number of nitro groups is 1. The van der Waals surface area contributed by atoms with Crippen molar-refractivity contribution in [3.8, 4) is 5.69 Å². The molecule has 10 heteroatoms. The number of aromatic nitrogens is 1. The lowest BCUT2D eigenvalue weighted by Crippen LogP contribution is -2.42. The molecule has 0 spiro atoms. The second kappa shape index (κ2) is 9.31. The van der Waals surface area contributed by atoms with E-state index in [9.17, 15) is 19.7 Å². The zero-order valence-corrected chi connectivity index (χ0v) is 17.1. The van der Waals surface area contributed by atoms with Gasteiger partial charge in [0, 0.05) is 37.1 Å². The highest BCUT2D eigenvalue weighted by molar-refractivity contribution is 6.01. The number of rotatable bonds is 5. The molecule has 164 valence electrons. The summed E-state index contributed by atoms with van der Waals surface area (Å²) in [7, 11) is 0. The van der Waals surface area contributed by atoms with E-state index < -0.39 is 16.7 Å². The Labute approximate surface area is 183 Å². The first-order chi connectivity index (χ1) is 15.5. The molecule has 4 rings (SSSR count). The van der Waals surface area contributed by atoms with E-state index in [1.807, 2.05) is 17.0 Å². The van der Waals surface area contributed by atoms with Crippen LogP contribution in [0.1, 0.15) is 20.7 Å². The molecule has 0 radical (unpaired) electrons. The molecule has 32 heavy (non-hydrogen) atoms. The molecule has 2 aromatic carbocycles. The highest BCUT2D eigenvalue weighted by atomic mass is 16.6. The summed E-state index contributed by atoms with van der Waals surface area (Å²) in [5.74, 6) is -1.17. The minimum absolute atomic E-state index is 0.0627. The molecular formula is C22H21N5O5. The number of nitrogens with zero attached hydrogens (tertiary/aromatic N) is 3. The minimum Gasteiger partial charge on any atom is -0.378 e. The number of carbonyl (C=O) groups excluding carboxylic acids is 2. The maximum absolute atomic E-state index is 12.7. The first-order valence-electron chi connectivity index (χ1n) is 9.99. The number of benzene rings is 2. The zero-order chi connectivity index (χ0) is 22.5. The van der Waals surface area contributed by atoms with Gasteiger partial charge in [-0.1, -0.05) is 12.1 Å². The maximum Gasteiger partial charge on any atom is 0.293 e. The number of carbonyl (C=O) groups is 2. The van der Waals surface area contributed by atoms with Crippen molar-refractivity contribution in [2.75, 3.05) is 31.2 Å². The van der Waals surface area contributed by atoms with Crippen LogP contribution in [0.4, 0.5) is 11.4 Å². The van der Waals surface area contributed by atoms with E-state index in [1.165, 1.54) is 12.1 Å². The molecule has 0 unspecified atom stereocenters. The molecule has 1 saturated heterocycles. The quantitative estimate of drug-likeness (QED) is 0.469. The van der Waals surface area contributed by atoms with Gasteiger partial charge in [-0.25, -0.2) is 0 Å². The van der Waals surface area contributed by atoms with Gasteiger partial charge in [0.1, 0.15) is 5.69 Å². The molecule has 10 nitrogen and oxygen atoms in total. The van der Waals surface area contributed by atoms with E-state index >= 15 is 0 Å². The van der Waals surface area contributed by atoms with Crippen LogP contribution >= 0.6 is 0 Å². The van der Waals surface area contributed by atoms with Crippen molar-refractivity contribution in [3.05, 3.63) is 88.2 Å². The third-order valence-electron chi connectivity index (χ3n) is 5.11. The van der Waals surface area contributed by atoms with Crippen LogP contribution in [0.15, 0.2) is 67.0 Å². The smallest absolute Gasteiger partial charge is 0.293 e. The van der Waals surface area contributed by atoms with E-state index in [-0.39, 0.29) is 11.3 Å². The molecule has 1 aliphatic heterocycles. The SMILES string of the molecule is O=C(NNC(=O)c1ccccc1-n1cccc1)c1ccc(N2CCOCC2)c([N+](=O)[O-])c1. The van der Waals surface area contributed by atoms with E-state index in [0.29, 0.717) is 43.2 Å². The fraction of sp³-hybridized carbons (Fsp3) is 0.182. The highest BCUT2D eigenvalue weighted by Crippen LogP contribution is 2.29. The number of nitro benzene ring substituents is 1. The van der Waals surface area contributed by atoms with Crippen LogP contribution in [-0.2, 0) is 4.74 Å². The van der Waals surface area contributed by atoms with Crippen LogP contribution in [0, 0.1) is 10.1 Å². The fourth-order valence-corrected chi connectivity index (χ4v) is 3.52. The summed E-state index contributed by atoms with van der Waals surface area (Å²) in [6.45, 7) is 2.03. The lowest BCUT2D eigenvalue weighted by Gasteiger charge is -2.28. The topological polar surface area (TPSA) is 119 Å². The average molecular weight is 435 g/mol. The number of nitrogens with one attached hydrogen (secondary N) is 2. The van der Waals surface area contributed by atoms with Gasteiger partial charge in [0.05, 0.1) is 29.4 Å². The highest BCUT2D eigenvalue weighted by Gasteiger charge is 2.23. The van der Waals surface area contributed by atoms with Gasteiger partial charge in [0.15, 0.2) is 0 Å². The van der Waals surface area contributed by atoms with Gasteiger partial charge in [-0.15, -0.1) is 0 Å². The summed E-state index contributed by atoms with van der Waals surface area (Å²) >= 11 is 0. The minimum atomic E-state index is -0.659. The van der Waals surface area contributed by atoms with Crippen molar-refractivity contribution in [2.45, 2.75) is 0 Å². The van der Waals surface area contributed by atoms with Crippen LogP contribution in [-0.4, -0.2) is 47.6 Å². The lowest BCUT2D eigenvalue weighted by atomic mass is 10.1. The molecule has 0 aliphatic carbocycles. The lowest BCUT2D eigenvalue weighted by molar-refractivity contribution is -0.384. The van der Waals surface area contributed by atoms with Gasteiger partial charge >= 0.3 is 0 Å². The van der Waals surface area contributed by atoms with Gasteiger partial charge in [-0.2, -0.15) is 0 Å². The molecule has 1 aliphatic rings. The van der Waals surface area contributed by atoms with Crippen molar-refractivity contribution < 1.29 is 19.2 Å². The van der Waals surface area contributed by atoms with E-state index in [1.54, 1.807) is 47.3 Å². The van der Waals surface area contributed by atoms with E-state index in [4.69, 9.17) is 4.74 Å². The van der Waals surface area contributed by atoms with Gasteiger partial charge in [0.25, 0.3) is 17.5 Å². The van der Waals surface area contributed by atoms with Crippen molar-refractivity contribution in [1.29, 1.82) is 0 Å². The summed E-state index contributed by atoms with van der Waals surface area (Å²) in [6, 6.07) is 14.9. The van der Waals surface area contributed by atoms with Crippen LogP contribution in [0.2, 0.25) is 0 Å². The third-order valence-corrected chi connectivity index (χ3v) is 5.11. The van der Waals surface area contributed by atoms with Crippen molar-refractivity contribution in [1.82, 2.24) is 15.4 Å². The van der Waals surface area contributed by atoms with Crippen LogP contribution in [0.3, 0.4) is 0 Å². The molecule has 0 saturated carbocycles. The Morgan fingerprint density at radius 3 is 2.31 bits per heavy atom. The predicted octanol–water partition coefficient (Wildman–Crippen LogP) is 2.30. The van der Waals surface area contributed by atoms with Gasteiger partial charge < -0.3 is 14.2 Å². The summed E-state index contributed by atoms with van der Waals surface area (Å²) in [5, 5.41) is 11.6. The summed E-state index contributed by atoms with van der Waals surface area (Å²) in [6.07, 6.45) is 3.61. The Bertz CT molecular complexity index is 1140. The first-order valence-corrected chi connectivity index (χ1v) is 9.99. The number of morpholine rings is 1. The number of anilines is 1. The number of hydrazine groups is 1. The average Bonchev–Trinajstić information content (AvgIpc) is 3.37. The molecule has 3 aromatic rings. The monoisotopic (exact) mass is 435 g/mol. The maximum atomic E-state index is 12.7. The van der Waals surface area contributed by atoms with Crippen LogP contribution < -0.4 is 15.8 Å². The second-order valence-corrected chi connectivity index (χ2v) is 7.08. The molecule has 1 fully saturated rings. The molecule has 0 bridgehead atoms. The largest absolute Gasteiger partial charge is 0.378 e. The van der Waals surface area contributed by atoms with Gasteiger partial charge in [0.2, 0.25) is 0 Å². The standard InChI is InChI=1S/C22H21N5O5/c28-21(16-7-8-19(20(15-16)27(30)31)26-11-13-32-14-12-26)23-24-22(29)17-5-1-2-6-18(17)25-9-3-4-10-25/h1-10,15H,11-14H2,(H,23,28)(H,24,29). The summed E-state index contributed by atoms with van der Waals surface area (Å²) in [5.41, 5.74) is 6.03. The number of amides is 2. The summed E-state index contributed by atoms with van der Waals surface area (Å²) in [4.78, 5) is 38.1. The van der Waals surface area contributed by atoms with Crippen molar-refractivity contribution >= 4 is 23.2 Å². The number of ether oxygens (including phenoxy) is 1. The van der Waals surface area contributed by atoms with Crippen LogP contribution in [0.5, 0.6) is 0 Å². The van der Waals surface area contributed by atoms with Gasteiger partial charge in [-0.05, 0) is 36.4 Å².